The second-order valence-corrected chi connectivity index (χ2v) is 8.69. The number of thiophene rings is 1. The van der Waals surface area contributed by atoms with Crippen molar-refractivity contribution in [3.8, 4) is 6.07 Å². The summed E-state index contributed by atoms with van der Waals surface area (Å²) in [5.41, 5.74) is 10.9. The zero-order valence-corrected chi connectivity index (χ0v) is 17.7. The highest BCUT2D eigenvalue weighted by Crippen LogP contribution is 2.47. The van der Waals surface area contributed by atoms with Crippen LogP contribution in [0.2, 0.25) is 0 Å². The molecular weight excluding hydrogens is 378 g/mol. The van der Waals surface area contributed by atoms with E-state index in [9.17, 15) is 10.1 Å². The number of nitrogens with two attached hydrogens (primary N) is 1. The van der Waals surface area contributed by atoms with E-state index in [-0.39, 0.29) is 11.7 Å². The molecule has 1 unspecified atom stereocenters. The van der Waals surface area contributed by atoms with Crippen molar-refractivity contribution in [2.24, 2.45) is 5.73 Å². The van der Waals surface area contributed by atoms with Crippen molar-refractivity contribution >= 4 is 22.8 Å². The van der Waals surface area contributed by atoms with Gasteiger partial charge in [0.1, 0.15) is 5.82 Å². The molecule has 0 amide bonds. The van der Waals surface area contributed by atoms with E-state index in [2.05, 4.69) is 44.2 Å². The molecule has 4 nitrogen and oxygen atoms in total. The van der Waals surface area contributed by atoms with Crippen molar-refractivity contribution in [3.05, 3.63) is 74.4 Å². The molecule has 2 aliphatic rings. The summed E-state index contributed by atoms with van der Waals surface area (Å²) in [5, 5.41) is 10.0. The molecule has 29 heavy (non-hydrogen) atoms. The van der Waals surface area contributed by atoms with Crippen LogP contribution < -0.4 is 10.6 Å². The van der Waals surface area contributed by atoms with Gasteiger partial charge in [-0.3, -0.25) is 9.69 Å². The van der Waals surface area contributed by atoms with Crippen LogP contribution in [-0.4, -0.2) is 5.78 Å². The Balaban J connectivity index is 1.91. The quantitative estimate of drug-likeness (QED) is 0.764. The number of carbonyl (C=O) groups is 1. The molecule has 0 saturated heterocycles. The zero-order chi connectivity index (χ0) is 20.5. The lowest BCUT2D eigenvalue weighted by Crippen LogP contribution is -2.38. The first-order chi connectivity index (χ1) is 14.1. The maximum absolute atomic E-state index is 13.1. The van der Waals surface area contributed by atoms with Crippen LogP contribution in [0.1, 0.15) is 54.3 Å². The van der Waals surface area contributed by atoms with Gasteiger partial charge in [0.2, 0.25) is 0 Å². The molecule has 1 atom stereocenters. The largest absolute Gasteiger partial charge is 0.384 e. The van der Waals surface area contributed by atoms with E-state index in [1.807, 2.05) is 17.0 Å². The van der Waals surface area contributed by atoms with E-state index in [1.54, 1.807) is 11.3 Å². The fourth-order valence-electron chi connectivity index (χ4n) is 4.29. The predicted octanol–water partition coefficient (Wildman–Crippen LogP) is 5.18. The summed E-state index contributed by atoms with van der Waals surface area (Å²) in [4.78, 5) is 17.3. The molecule has 1 aromatic carbocycles. The summed E-state index contributed by atoms with van der Waals surface area (Å²) in [6.45, 7) is 4.23. The molecule has 2 aromatic rings. The Morgan fingerprint density at radius 1 is 1.14 bits per heavy atom. The van der Waals surface area contributed by atoms with E-state index in [1.165, 1.54) is 10.4 Å². The average Bonchev–Trinajstić information content (AvgIpc) is 3.22. The summed E-state index contributed by atoms with van der Waals surface area (Å²) >= 11 is 1.67. The smallest absolute Gasteiger partial charge is 0.161 e. The average molecular weight is 404 g/mol. The summed E-state index contributed by atoms with van der Waals surface area (Å²) in [7, 11) is 0. The zero-order valence-electron chi connectivity index (χ0n) is 16.9. The highest BCUT2D eigenvalue weighted by Gasteiger charge is 2.40. The maximum Gasteiger partial charge on any atom is 0.161 e. The first-order valence-electron chi connectivity index (χ1n) is 10.2. The number of aryl methyl sites for hydroxylation is 2. The number of benzene rings is 1. The molecule has 0 fully saturated rings. The molecule has 148 valence electrons. The number of nitrogens with zero attached hydrogens (tertiary/aromatic N) is 2. The molecule has 5 heteroatoms. The highest BCUT2D eigenvalue weighted by atomic mass is 32.1. The van der Waals surface area contributed by atoms with Crippen LogP contribution in [0.5, 0.6) is 0 Å². The lowest BCUT2D eigenvalue weighted by atomic mass is 9.78. The van der Waals surface area contributed by atoms with Gasteiger partial charge in [-0.25, -0.2) is 0 Å². The Morgan fingerprint density at radius 2 is 1.90 bits per heavy atom. The van der Waals surface area contributed by atoms with E-state index in [0.29, 0.717) is 17.8 Å². The Bertz CT molecular complexity index is 1050. The first-order valence-corrected chi connectivity index (χ1v) is 11.0. The van der Waals surface area contributed by atoms with Crippen molar-refractivity contribution in [3.63, 3.8) is 0 Å². The lowest BCUT2D eigenvalue weighted by molar-refractivity contribution is -0.116. The molecule has 0 saturated carbocycles. The number of ketones is 1. The lowest BCUT2D eigenvalue weighted by Gasteiger charge is -2.39. The Morgan fingerprint density at radius 3 is 2.52 bits per heavy atom. The number of Topliss-reactive ketones (excluding diaryl/α,β-unsaturated/α-hetero) is 1. The summed E-state index contributed by atoms with van der Waals surface area (Å²) in [5.74, 6) is 0.235. The van der Waals surface area contributed by atoms with Crippen molar-refractivity contribution in [2.45, 2.75) is 51.9 Å². The minimum Gasteiger partial charge on any atom is -0.384 e. The normalized spacial score (nSPS) is 19.4. The Hall–Kier alpha value is -2.84. The first kappa shape index (κ1) is 19.5. The number of nitriles is 1. The molecule has 4 rings (SSSR count). The maximum atomic E-state index is 13.1. The summed E-state index contributed by atoms with van der Waals surface area (Å²) < 4.78 is 0. The van der Waals surface area contributed by atoms with E-state index in [0.717, 1.165) is 47.5 Å². The Kier molecular flexibility index (Phi) is 5.29. The fourth-order valence-corrected chi connectivity index (χ4v) is 5.36. The third-order valence-corrected chi connectivity index (χ3v) is 7.13. The predicted molar refractivity (Wildman–Crippen MR) is 117 cm³/mol. The van der Waals surface area contributed by atoms with Gasteiger partial charge in [-0.05, 0) is 55.5 Å². The van der Waals surface area contributed by atoms with Crippen LogP contribution >= 0.6 is 11.3 Å². The van der Waals surface area contributed by atoms with Gasteiger partial charge in [-0.2, -0.15) is 5.26 Å². The molecule has 1 aliphatic carbocycles. The monoisotopic (exact) mass is 403 g/mol. The van der Waals surface area contributed by atoms with E-state index >= 15 is 0 Å². The van der Waals surface area contributed by atoms with Crippen LogP contribution in [0.15, 0.2) is 59.1 Å². The van der Waals surface area contributed by atoms with E-state index < -0.39 is 0 Å². The van der Waals surface area contributed by atoms with Gasteiger partial charge < -0.3 is 5.73 Å². The van der Waals surface area contributed by atoms with Gasteiger partial charge in [0, 0.05) is 33.1 Å². The Labute approximate surface area is 176 Å². The molecule has 0 spiro atoms. The second-order valence-electron chi connectivity index (χ2n) is 7.49. The highest BCUT2D eigenvalue weighted by molar-refractivity contribution is 7.12. The third kappa shape index (κ3) is 3.28. The summed E-state index contributed by atoms with van der Waals surface area (Å²) in [6, 6.07) is 14.7. The third-order valence-electron chi connectivity index (χ3n) is 5.83. The van der Waals surface area contributed by atoms with Gasteiger partial charge >= 0.3 is 0 Å². The van der Waals surface area contributed by atoms with Crippen LogP contribution in [-0.2, 0) is 17.6 Å². The molecular formula is C24H25N3OS. The van der Waals surface area contributed by atoms with Crippen molar-refractivity contribution in [2.75, 3.05) is 4.90 Å². The van der Waals surface area contributed by atoms with Crippen molar-refractivity contribution in [1.82, 2.24) is 0 Å². The number of hydrogen-bond acceptors (Lipinski definition) is 5. The van der Waals surface area contributed by atoms with E-state index in [4.69, 9.17) is 5.73 Å². The minimum absolute atomic E-state index is 0.137. The van der Waals surface area contributed by atoms with Crippen molar-refractivity contribution < 1.29 is 4.79 Å². The van der Waals surface area contributed by atoms with Gasteiger partial charge in [0.15, 0.2) is 5.78 Å². The number of anilines is 1. The second kappa shape index (κ2) is 7.88. The molecule has 2 heterocycles. The molecule has 2 N–H and O–H groups in total. The van der Waals surface area contributed by atoms with Crippen LogP contribution in [0.25, 0.3) is 0 Å². The number of carbonyl (C=O) groups excluding carboxylic acids is 1. The minimum atomic E-state index is -0.348. The number of hydrogen-bond donors (Lipinski definition) is 1. The topological polar surface area (TPSA) is 70.1 Å². The van der Waals surface area contributed by atoms with Gasteiger partial charge in [0.25, 0.3) is 0 Å². The van der Waals surface area contributed by atoms with Crippen LogP contribution in [0, 0.1) is 11.3 Å². The van der Waals surface area contributed by atoms with Gasteiger partial charge in [-0.15, -0.1) is 11.3 Å². The molecule has 1 aromatic heterocycles. The van der Waals surface area contributed by atoms with Crippen LogP contribution in [0.3, 0.4) is 0 Å². The molecule has 0 radical (unpaired) electrons. The van der Waals surface area contributed by atoms with Gasteiger partial charge in [-0.1, -0.05) is 26.0 Å². The SMILES string of the molecule is CCc1ccc(N2C(N)=C(C#N)C(c3ccc(CC)s3)C3=C2CCCC3=O)cc1. The van der Waals surface area contributed by atoms with Crippen molar-refractivity contribution in [1.29, 1.82) is 5.26 Å². The molecule has 0 bridgehead atoms. The number of allylic oxidation sites excluding steroid dienone is 3. The van der Waals surface area contributed by atoms with Gasteiger partial charge in [0.05, 0.1) is 17.6 Å². The summed E-state index contributed by atoms with van der Waals surface area (Å²) in [6.07, 6.45) is 4.03. The fraction of sp³-hybridized carbons (Fsp3) is 0.333. The number of rotatable bonds is 4. The van der Waals surface area contributed by atoms with Crippen LogP contribution in [0.4, 0.5) is 5.69 Å². The standard InChI is InChI=1S/C24H25N3OS/c1-3-15-8-10-16(11-9-15)27-19-6-5-7-20(28)23(19)22(18(14-25)24(27)26)21-13-12-17(4-2)29-21/h8-13,22H,3-7,26H2,1-2H3. The molecule has 1 aliphatic heterocycles.